The first-order valence-electron chi connectivity index (χ1n) is 4.00. The summed E-state index contributed by atoms with van der Waals surface area (Å²) in [6, 6.07) is 0. The van der Waals surface area contributed by atoms with E-state index in [0.717, 1.165) is 11.8 Å². The van der Waals surface area contributed by atoms with Gasteiger partial charge < -0.3 is 0 Å². The van der Waals surface area contributed by atoms with Crippen LogP contribution < -0.4 is 0 Å². The number of rotatable bonds is 4. The average molecular weight is 127 g/mol. The van der Waals surface area contributed by atoms with Gasteiger partial charge in [0.05, 0.1) is 0 Å². The quantitative estimate of drug-likeness (QED) is 0.543. The molecule has 0 aromatic heterocycles. The van der Waals surface area contributed by atoms with Crippen molar-refractivity contribution in [2.75, 3.05) is 0 Å². The molecule has 0 aromatic carbocycles. The van der Waals surface area contributed by atoms with Crippen molar-refractivity contribution in [2.24, 2.45) is 11.8 Å². The maximum atomic E-state index is 2.37. The fourth-order valence-electron chi connectivity index (χ4n) is 0.702. The smallest absolute Gasteiger partial charge is 0.0386 e. The average Bonchev–Trinajstić information content (AvgIpc) is 1.82. The Balaban J connectivity index is 3.16. The first-order chi connectivity index (χ1) is 4.18. The van der Waals surface area contributed by atoms with Gasteiger partial charge in [-0.05, 0) is 24.7 Å². The van der Waals surface area contributed by atoms with E-state index in [9.17, 15) is 0 Å². The fourth-order valence-corrected chi connectivity index (χ4v) is 0.702. The second-order valence-electron chi connectivity index (χ2n) is 3.15. The van der Waals surface area contributed by atoms with Crippen LogP contribution in [0.2, 0.25) is 0 Å². The summed E-state index contributed by atoms with van der Waals surface area (Å²) in [4.78, 5) is 0. The van der Waals surface area contributed by atoms with E-state index in [1.807, 2.05) is 0 Å². The highest BCUT2D eigenvalue weighted by molar-refractivity contribution is 4.68. The molecule has 0 heterocycles. The molecule has 0 nitrogen and oxygen atoms in total. The predicted octanol–water partition coefficient (Wildman–Crippen LogP) is 3.28. The maximum Gasteiger partial charge on any atom is -0.0386 e. The maximum absolute atomic E-state index is 2.37. The van der Waals surface area contributed by atoms with Gasteiger partial charge in [-0.2, -0.15) is 0 Å². The lowest BCUT2D eigenvalue weighted by Gasteiger charge is -2.13. The first-order valence-corrected chi connectivity index (χ1v) is 4.00. The summed E-state index contributed by atoms with van der Waals surface area (Å²) in [5.41, 5.74) is 0. The summed E-state index contributed by atoms with van der Waals surface area (Å²) < 4.78 is 0. The summed E-state index contributed by atoms with van der Waals surface area (Å²) in [5, 5.41) is 0. The third kappa shape index (κ3) is 4.50. The van der Waals surface area contributed by atoms with Crippen molar-refractivity contribution in [3.63, 3.8) is 0 Å². The molecule has 1 radical (unpaired) electrons. The Hall–Kier alpha value is 0. The molecule has 0 aliphatic carbocycles. The van der Waals surface area contributed by atoms with E-state index in [1.165, 1.54) is 12.8 Å². The molecule has 0 aliphatic rings. The van der Waals surface area contributed by atoms with Crippen LogP contribution >= 0.6 is 0 Å². The third-order valence-electron chi connectivity index (χ3n) is 1.97. The minimum atomic E-state index is 0.841. The topological polar surface area (TPSA) is 0 Å². The van der Waals surface area contributed by atoms with Crippen LogP contribution in [0.25, 0.3) is 0 Å². The summed E-state index contributed by atoms with van der Waals surface area (Å²) >= 11 is 0. The SMILES string of the molecule is CC[CH]CC(C)C(C)C. The van der Waals surface area contributed by atoms with Gasteiger partial charge in [0.25, 0.3) is 0 Å². The minimum Gasteiger partial charge on any atom is -0.0651 e. The van der Waals surface area contributed by atoms with E-state index in [1.54, 1.807) is 0 Å². The van der Waals surface area contributed by atoms with E-state index >= 15 is 0 Å². The summed E-state index contributed by atoms with van der Waals surface area (Å²) in [7, 11) is 0. The van der Waals surface area contributed by atoms with Crippen LogP contribution in [-0.2, 0) is 0 Å². The van der Waals surface area contributed by atoms with Gasteiger partial charge in [-0.25, -0.2) is 0 Å². The van der Waals surface area contributed by atoms with Gasteiger partial charge in [0, 0.05) is 0 Å². The lowest BCUT2D eigenvalue weighted by atomic mass is 9.93. The van der Waals surface area contributed by atoms with E-state index < -0.39 is 0 Å². The van der Waals surface area contributed by atoms with Crippen molar-refractivity contribution in [2.45, 2.75) is 40.5 Å². The molecule has 1 unspecified atom stereocenters. The van der Waals surface area contributed by atoms with Crippen molar-refractivity contribution in [3.8, 4) is 0 Å². The molecule has 0 heteroatoms. The largest absolute Gasteiger partial charge is 0.0651 e. The Morgan fingerprint density at radius 2 is 1.78 bits per heavy atom. The summed E-state index contributed by atoms with van der Waals surface area (Å²) in [6.45, 7) is 9.09. The van der Waals surface area contributed by atoms with Crippen LogP contribution in [0.5, 0.6) is 0 Å². The van der Waals surface area contributed by atoms with Crippen molar-refractivity contribution >= 4 is 0 Å². The highest BCUT2D eigenvalue weighted by Gasteiger charge is 2.04. The standard InChI is InChI=1S/C9H19/c1-5-6-7-9(4)8(2)3/h6,8-9H,5,7H2,1-4H3. The van der Waals surface area contributed by atoms with Gasteiger partial charge in [-0.1, -0.05) is 34.1 Å². The number of unbranched alkanes of at least 4 members (excludes halogenated alkanes) is 1. The molecule has 0 amide bonds. The summed E-state index contributed by atoms with van der Waals surface area (Å²) in [5.74, 6) is 1.71. The van der Waals surface area contributed by atoms with Gasteiger partial charge in [0.2, 0.25) is 0 Å². The zero-order valence-electron chi connectivity index (χ0n) is 7.15. The number of hydrogen-bond acceptors (Lipinski definition) is 0. The molecule has 0 bridgehead atoms. The van der Waals surface area contributed by atoms with Crippen LogP contribution in [0.1, 0.15) is 40.5 Å². The van der Waals surface area contributed by atoms with Crippen LogP contribution in [0.3, 0.4) is 0 Å². The van der Waals surface area contributed by atoms with Gasteiger partial charge in [0.15, 0.2) is 0 Å². The number of hydrogen-bond donors (Lipinski definition) is 0. The highest BCUT2D eigenvalue weighted by Crippen LogP contribution is 2.15. The molecule has 9 heavy (non-hydrogen) atoms. The van der Waals surface area contributed by atoms with E-state index in [-0.39, 0.29) is 0 Å². The minimum absolute atomic E-state index is 0.841. The summed E-state index contributed by atoms with van der Waals surface area (Å²) in [6.07, 6.45) is 4.87. The van der Waals surface area contributed by atoms with Crippen molar-refractivity contribution in [3.05, 3.63) is 6.42 Å². The van der Waals surface area contributed by atoms with Gasteiger partial charge in [0.1, 0.15) is 0 Å². The van der Waals surface area contributed by atoms with Crippen LogP contribution in [0, 0.1) is 18.3 Å². The Morgan fingerprint density at radius 3 is 2.11 bits per heavy atom. The lowest BCUT2D eigenvalue weighted by molar-refractivity contribution is 0.411. The van der Waals surface area contributed by atoms with Gasteiger partial charge in [-0.3, -0.25) is 0 Å². The molecule has 0 fully saturated rings. The second kappa shape index (κ2) is 4.84. The third-order valence-corrected chi connectivity index (χ3v) is 1.97. The molecule has 1 atom stereocenters. The monoisotopic (exact) mass is 127 g/mol. The van der Waals surface area contributed by atoms with Crippen LogP contribution in [0.4, 0.5) is 0 Å². The fraction of sp³-hybridized carbons (Fsp3) is 0.889. The van der Waals surface area contributed by atoms with Crippen molar-refractivity contribution < 1.29 is 0 Å². The Morgan fingerprint density at radius 1 is 1.22 bits per heavy atom. The molecule has 0 aliphatic heterocycles. The molecule has 0 saturated carbocycles. The van der Waals surface area contributed by atoms with Crippen molar-refractivity contribution in [1.82, 2.24) is 0 Å². The van der Waals surface area contributed by atoms with Crippen LogP contribution in [0.15, 0.2) is 0 Å². The zero-order valence-corrected chi connectivity index (χ0v) is 7.15. The second-order valence-corrected chi connectivity index (χ2v) is 3.15. The van der Waals surface area contributed by atoms with E-state index in [2.05, 4.69) is 34.1 Å². The molecule has 0 spiro atoms. The normalized spacial score (nSPS) is 14.3. The Bertz CT molecular complexity index is 55.1. The van der Waals surface area contributed by atoms with Gasteiger partial charge >= 0.3 is 0 Å². The Labute approximate surface area is 59.7 Å². The van der Waals surface area contributed by atoms with Crippen LogP contribution in [-0.4, -0.2) is 0 Å². The zero-order chi connectivity index (χ0) is 7.28. The van der Waals surface area contributed by atoms with E-state index in [0.29, 0.717) is 0 Å². The molecule has 55 valence electrons. The van der Waals surface area contributed by atoms with Crippen molar-refractivity contribution in [1.29, 1.82) is 0 Å². The highest BCUT2D eigenvalue weighted by atomic mass is 14.1. The lowest BCUT2D eigenvalue weighted by Crippen LogP contribution is -2.03. The van der Waals surface area contributed by atoms with E-state index in [4.69, 9.17) is 0 Å². The first kappa shape index (κ1) is 9.00. The Kier molecular flexibility index (Phi) is 4.84. The molecule has 0 aromatic rings. The molecular weight excluding hydrogens is 108 g/mol. The molecular formula is C9H19. The molecule has 0 N–H and O–H groups in total. The van der Waals surface area contributed by atoms with Gasteiger partial charge in [-0.15, -0.1) is 0 Å². The predicted molar refractivity (Wildman–Crippen MR) is 43.2 cm³/mol. The molecule has 0 saturated heterocycles. The molecule has 0 rings (SSSR count).